The van der Waals surface area contributed by atoms with Gasteiger partial charge in [0.1, 0.15) is 16.7 Å². The Kier molecular flexibility index (Phi) is 4.75. The van der Waals surface area contributed by atoms with Crippen molar-refractivity contribution < 1.29 is 9.53 Å². The molecule has 0 radical (unpaired) electrons. The van der Waals surface area contributed by atoms with Crippen LogP contribution in [-0.4, -0.2) is 52.5 Å². The molecule has 9 nitrogen and oxygen atoms in total. The Balaban J connectivity index is 1.56. The molecule has 1 aliphatic rings. The van der Waals surface area contributed by atoms with Gasteiger partial charge in [-0.15, -0.1) is 17.8 Å². The van der Waals surface area contributed by atoms with Gasteiger partial charge in [-0.3, -0.25) is 4.79 Å². The molecule has 0 unspecified atom stereocenters. The third-order valence-corrected chi connectivity index (χ3v) is 6.16. The van der Waals surface area contributed by atoms with E-state index in [0.717, 1.165) is 26.7 Å². The summed E-state index contributed by atoms with van der Waals surface area (Å²) in [5, 5.41) is 8.06. The highest BCUT2D eigenvalue weighted by Gasteiger charge is 2.25. The van der Waals surface area contributed by atoms with Crippen molar-refractivity contribution in [1.29, 1.82) is 0 Å². The van der Waals surface area contributed by atoms with Crippen molar-refractivity contribution in [3.05, 3.63) is 35.0 Å². The fraction of sp³-hybridized carbons (Fsp3) is 0.227. The first kappa shape index (κ1) is 20.0. The van der Waals surface area contributed by atoms with Crippen molar-refractivity contribution in [2.24, 2.45) is 0 Å². The quantitative estimate of drug-likeness (QED) is 0.464. The number of hydrogen-bond acceptors (Lipinski definition) is 9. The Morgan fingerprint density at radius 3 is 2.81 bits per heavy atom. The molecule has 0 fully saturated rings. The molecule has 1 amide bonds. The molecule has 160 valence electrons. The van der Waals surface area contributed by atoms with Crippen LogP contribution < -0.4 is 20.3 Å². The van der Waals surface area contributed by atoms with Gasteiger partial charge < -0.3 is 20.3 Å². The van der Waals surface area contributed by atoms with E-state index in [9.17, 15) is 4.79 Å². The number of thiophene rings is 1. The lowest BCUT2D eigenvalue weighted by Crippen LogP contribution is -2.35. The molecule has 5 rings (SSSR count). The average molecular weight is 446 g/mol. The van der Waals surface area contributed by atoms with Crippen molar-refractivity contribution in [3.8, 4) is 24.2 Å². The van der Waals surface area contributed by atoms with Crippen LogP contribution in [0, 0.1) is 19.3 Å². The van der Waals surface area contributed by atoms with E-state index in [2.05, 4.69) is 36.5 Å². The van der Waals surface area contributed by atoms with Crippen LogP contribution in [0.2, 0.25) is 0 Å². The van der Waals surface area contributed by atoms with Crippen LogP contribution in [0.5, 0.6) is 11.9 Å². The minimum absolute atomic E-state index is 0.169. The topological polar surface area (TPSA) is 105 Å². The Morgan fingerprint density at radius 2 is 2.03 bits per heavy atom. The van der Waals surface area contributed by atoms with Crippen LogP contribution >= 0.6 is 11.3 Å². The molecule has 1 atom stereocenters. The van der Waals surface area contributed by atoms with E-state index in [1.807, 2.05) is 32.3 Å². The molecule has 10 heteroatoms. The van der Waals surface area contributed by atoms with Gasteiger partial charge in [-0.25, -0.2) is 4.98 Å². The first-order valence-electron chi connectivity index (χ1n) is 9.88. The van der Waals surface area contributed by atoms with Crippen LogP contribution in [-0.2, 0) is 0 Å². The minimum atomic E-state index is -0.360. The maximum absolute atomic E-state index is 12.6. The van der Waals surface area contributed by atoms with Crippen molar-refractivity contribution in [2.75, 3.05) is 30.9 Å². The molecular weight excluding hydrogens is 426 g/mol. The number of terminal acetylenes is 1. The first-order valence-corrected chi connectivity index (χ1v) is 10.7. The van der Waals surface area contributed by atoms with Crippen molar-refractivity contribution in [3.63, 3.8) is 0 Å². The van der Waals surface area contributed by atoms with E-state index in [4.69, 9.17) is 11.2 Å². The Bertz CT molecular complexity index is 1420. The van der Waals surface area contributed by atoms with Crippen molar-refractivity contribution >= 4 is 49.9 Å². The number of pyridine rings is 1. The van der Waals surface area contributed by atoms with Crippen LogP contribution in [0.1, 0.15) is 15.5 Å². The molecule has 3 aromatic heterocycles. The molecule has 1 aromatic carbocycles. The lowest BCUT2D eigenvalue weighted by atomic mass is 10.1. The third kappa shape index (κ3) is 3.42. The summed E-state index contributed by atoms with van der Waals surface area (Å²) in [4.78, 5) is 32.5. The number of aryl methyl sites for hydroxylation is 1. The third-order valence-electron chi connectivity index (χ3n) is 5.00. The Labute approximate surface area is 187 Å². The molecule has 0 bridgehead atoms. The lowest BCUT2D eigenvalue weighted by Gasteiger charge is -2.12. The fourth-order valence-electron chi connectivity index (χ4n) is 3.53. The summed E-state index contributed by atoms with van der Waals surface area (Å²) in [5.74, 6) is 3.85. The molecule has 32 heavy (non-hydrogen) atoms. The second-order valence-corrected chi connectivity index (χ2v) is 8.55. The molecule has 1 aliphatic heterocycles. The number of anilines is 2. The van der Waals surface area contributed by atoms with Crippen LogP contribution in [0.25, 0.3) is 21.0 Å². The van der Waals surface area contributed by atoms with Gasteiger partial charge in [-0.2, -0.15) is 15.0 Å². The van der Waals surface area contributed by atoms with Gasteiger partial charge in [0, 0.05) is 42.2 Å². The maximum atomic E-state index is 12.6. The average Bonchev–Trinajstić information content (AvgIpc) is 3.07. The number of nitrogens with one attached hydrogen (secondary N) is 2. The number of aromatic nitrogens is 4. The number of carbonyl (C=O) groups excluding carboxylic acids is 1. The van der Waals surface area contributed by atoms with E-state index < -0.39 is 0 Å². The molecule has 0 saturated heterocycles. The highest BCUT2D eigenvalue weighted by molar-refractivity contribution is 7.21. The second kappa shape index (κ2) is 7.62. The summed E-state index contributed by atoms with van der Waals surface area (Å²) in [5.41, 5.74) is 1.51. The lowest BCUT2D eigenvalue weighted by molar-refractivity contribution is 0.0954. The molecule has 0 spiro atoms. The Hall–Kier alpha value is -3.97. The summed E-state index contributed by atoms with van der Waals surface area (Å²) in [6.45, 7) is 2.24. The smallest absolute Gasteiger partial charge is 0.328 e. The van der Waals surface area contributed by atoms with Gasteiger partial charge in [0.2, 0.25) is 11.8 Å². The monoisotopic (exact) mass is 445 g/mol. The maximum Gasteiger partial charge on any atom is 0.328 e. The number of carbonyl (C=O) groups is 1. The predicted octanol–water partition coefficient (Wildman–Crippen LogP) is 2.96. The summed E-state index contributed by atoms with van der Waals surface area (Å²) in [6.07, 6.45) is 5.51. The number of benzene rings is 1. The van der Waals surface area contributed by atoms with Gasteiger partial charge in [-0.1, -0.05) is 5.92 Å². The van der Waals surface area contributed by atoms with Crippen molar-refractivity contribution in [2.45, 2.75) is 13.0 Å². The van der Waals surface area contributed by atoms with Gasteiger partial charge >= 0.3 is 6.01 Å². The predicted molar refractivity (Wildman–Crippen MR) is 125 cm³/mol. The highest BCUT2D eigenvalue weighted by atomic mass is 32.1. The van der Waals surface area contributed by atoms with E-state index in [0.29, 0.717) is 29.1 Å². The largest absolute Gasteiger partial charge is 0.405 e. The van der Waals surface area contributed by atoms with E-state index in [1.54, 1.807) is 17.9 Å². The van der Waals surface area contributed by atoms with Gasteiger partial charge in [0.15, 0.2) is 0 Å². The zero-order valence-corrected chi connectivity index (χ0v) is 18.4. The fourth-order valence-corrected chi connectivity index (χ4v) is 4.63. The molecular formula is C22H19N7O2S. The normalized spacial score (nSPS) is 15.4. The van der Waals surface area contributed by atoms with Crippen LogP contribution in [0.15, 0.2) is 24.3 Å². The summed E-state index contributed by atoms with van der Waals surface area (Å²) >= 11 is 1.43. The van der Waals surface area contributed by atoms with Crippen molar-refractivity contribution in [1.82, 2.24) is 25.3 Å². The number of fused-ring (bicyclic) bond motifs is 5. The summed E-state index contributed by atoms with van der Waals surface area (Å²) in [6, 6.07) is 7.38. The van der Waals surface area contributed by atoms with Crippen LogP contribution in [0.4, 0.5) is 11.6 Å². The molecule has 2 N–H and O–H groups in total. The summed E-state index contributed by atoms with van der Waals surface area (Å²) < 4.78 is 6.82. The number of rotatable bonds is 3. The molecule has 0 saturated carbocycles. The SMILES string of the molecule is C#C[C@@H]1CNc2c(sc3ccc4nc(Oc5nc(C)nc(N(C)C)n5)ccc4c23)C(=O)N1. The number of ether oxygens (including phenoxy) is 1. The molecule has 4 heterocycles. The Morgan fingerprint density at radius 1 is 1.19 bits per heavy atom. The van der Waals surface area contributed by atoms with Crippen LogP contribution in [0.3, 0.4) is 0 Å². The highest BCUT2D eigenvalue weighted by Crippen LogP contribution is 2.41. The van der Waals surface area contributed by atoms with Gasteiger partial charge in [0.05, 0.1) is 11.2 Å². The second-order valence-electron chi connectivity index (χ2n) is 7.50. The molecule has 4 aromatic rings. The minimum Gasteiger partial charge on any atom is -0.405 e. The number of nitrogens with zero attached hydrogens (tertiary/aromatic N) is 5. The van der Waals surface area contributed by atoms with E-state index in [-0.39, 0.29) is 18.0 Å². The zero-order valence-electron chi connectivity index (χ0n) is 17.6. The molecule has 0 aliphatic carbocycles. The van der Waals surface area contributed by atoms with Gasteiger partial charge in [0.25, 0.3) is 5.91 Å². The van der Waals surface area contributed by atoms with E-state index >= 15 is 0 Å². The zero-order chi connectivity index (χ0) is 22.4. The van der Waals surface area contributed by atoms with Gasteiger partial charge in [-0.05, 0) is 25.1 Å². The number of hydrogen-bond donors (Lipinski definition) is 2. The standard InChI is InChI=1S/C22H19N7O2S/c1-5-12-10-23-18-17-13-6-9-16(31-22-25-11(2)24-21(28-22)29(3)4)27-14(13)7-8-15(17)32-19(18)20(30)26-12/h1,6-9,12,23H,10H2,2-4H3,(H,26,30)/t12-/m1/s1. The number of amides is 1. The van der Waals surface area contributed by atoms with E-state index in [1.165, 1.54) is 11.3 Å². The first-order chi connectivity index (χ1) is 15.4. The summed E-state index contributed by atoms with van der Waals surface area (Å²) in [7, 11) is 3.70.